The molecule has 4 heteroatoms. The third kappa shape index (κ3) is 47.3. The van der Waals surface area contributed by atoms with Crippen LogP contribution in [-0.4, -0.2) is 34.9 Å². The highest BCUT2D eigenvalue weighted by Gasteiger charge is 2.17. The molecule has 3 N–H and O–H groups in total. The summed E-state index contributed by atoms with van der Waals surface area (Å²) in [6.07, 6.45) is 69.9. The Labute approximate surface area is 369 Å². The minimum atomic E-state index is -0.874. The number of amides is 1. The lowest BCUT2D eigenvalue weighted by Crippen LogP contribution is -2.45. The van der Waals surface area contributed by atoms with Gasteiger partial charge in [0.15, 0.2) is 0 Å². The number of allylic oxidation sites excluding steroid dienone is 7. The molecule has 0 rings (SSSR count). The van der Waals surface area contributed by atoms with Gasteiger partial charge in [0.25, 0.3) is 0 Å². The molecule has 4 nitrogen and oxygen atoms in total. The largest absolute Gasteiger partial charge is 0.394 e. The summed E-state index contributed by atoms with van der Waals surface area (Å²) in [4.78, 5) is 12.4. The van der Waals surface area contributed by atoms with Crippen LogP contribution in [0.5, 0.6) is 0 Å². The maximum absolute atomic E-state index is 12.4. The van der Waals surface area contributed by atoms with Crippen molar-refractivity contribution in [2.75, 3.05) is 6.61 Å². The SMILES string of the molecule is CCCCCCC/C=C\CCCCCCCC(=O)NC(CO)C(O)/C=C/CC/C=C/CC/C=C/CCCCCCCCCCCCCCCCCCCCCCCCC. The lowest BCUT2D eigenvalue weighted by Gasteiger charge is -2.19. The predicted molar refractivity (Wildman–Crippen MR) is 262 cm³/mol. The highest BCUT2D eigenvalue weighted by molar-refractivity contribution is 5.76. The van der Waals surface area contributed by atoms with E-state index in [0.29, 0.717) is 6.42 Å². The molecule has 0 aromatic carbocycles. The molecule has 346 valence electrons. The van der Waals surface area contributed by atoms with E-state index in [1.165, 1.54) is 205 Å². The maximum Gasteiger partial charge on any atom is 0.220 e. The summed E-state index contributed by atoms with van der Waals surface area (Å²) in [5, 5.41) is 23.0. The topological polar surface area (TPSA) is 69.6 Å². The first-order chi connectivity index (χ1) is 29.2. The normalized spacial score (nSPS) is 13.2. The van der Waals surface area contributed by atoms with E-state index in [1.807, 2.05) is 6.08 Å². The monoisotopic (exact) mass is 826 g/mol. The van der Waals surface area contributed by atoms with Gasteiger partial charge in [-0.3, -0.25) is 4.79 Å². The van der Waals surface area contributed by atoms with Crippen LogP contribution in [0.3, 0.4) is 0 Å². The fraction of sp³-hybridized carbons (Fsp3) is 0.836. The summed E-state index contributed by atoms with van der Waals surface area (Å²) in [5.74, 6) is -0.0865. The van der Waals surface area contributed by atoms with E-state index in [1.54, 1.807) is 6.08 Å². The molecule has 0 aliphatic carbocycles. The third-order valence-corrected chi connectivity index (χ3v) is 12.0. The zero-order valence-corrected chi connectivity index (χ0v) is 39.8. The van der Waals surface area contributed by atoms with E-state index in [-0.39, 0.29) is 12.5 Å². The molecular weight excluding hydrogens is 723 g/mol. The van der Waals surface area contributed by atoms with E-state index in [0.717, 1.165) is 51.4 Å². The van der Waals surface area contributed by atoms with Gasteiger partial charge in [-0.2, -0.15) is 0 Å². The molecule has 2 atom stereocenters. The second-order valence-corrected chi connectivity index (χ2v) is 17.9. The number of unbranched alkanes of at least 4 members (excludes halogenated alkanes) is 35. The summed E-state index contributed by atoms with van der Waals surface area (Å²) in [7, 11) is 0. The fourth-order valence-electron chi connectivity index (χ4n) is 7.97. The number of hydrogen-bond donors (Lipinski definition) is 3. The molecule has 0 aliphatic rings. The molecule has 0 aliphatic heterocycles. The molecule has 0 radical (unpaired) electrons. The van der Waals surface area contributed by atoms with Crippen LogP contribution >= 0.6 is 0 Å². The van der Waals surface area contributed by atoms with Crippen molar-refractivity contribution in [3.05, 3.63) is 48.6 Å². The summed E-state index contributed by atoms with van der Waals surface area (Å²) >= 11 is 0. The van der Waals surface area contributed by atoms with Gasteiger partial charge in [-0.05, 0) is 70.6 Å². The van der Waals surface area contributed by atoms with Gasteiger partial charge in [0.05, 0.1) is 18.8 Å². The first kappa shape index (κ1) is 57.3. The van der Waals surface area contributed by atoms with Crippen LogP contribution in [0.25, 0.3) is 0 Å². The Morgan fingerprint density at radius 3 is 0.983 bits per heavy atom. The molecule has 59 heavy (non-hydrogen) atoms. The average molecular weight is 826 g/mol. The zero-order chi connectivity index (χ0) is 42.8. The van der Waals surface area contributed by atoms with Crippen molar-refractivity contribution in [1.29, 1.82) is 0 Å². The van der Waals surface area contributed by atoms with E-state index in [2.05, 4.69) is 55.6 Å². The molecule has 0 saturated heterocycles. The molecule has 0 bridgehead atoms. The molecule has 0 aromatic heterocycles. The smallest absolute Gasteiger partial charge is 0.220 e. The van der Waals surface area contributed by atoms with Crippen LogP contribution in [0.4, 0.5) is 0 Å². The molecule has 0 spiro atoms. The third-order valence-electron chi connectivity index (χ3n) is 12.0. The second-order valence-electron chi connectivity index (χ2n) is 17.9. The number of hydrogen-bond acceptors (Lipinski definition) is 3. The van der Waals surface area contributed by atoms with E-state index < -0.39 is 12.1 Å². The molecule has 0 saturated carbocycles. The number of aliphatic hydroxyl groups excluding tert-OH is 2. The lowest BCUT2D eigenvalue weighted by molar-refractivity contribution is -0.123. The number of rotatable bonds is 48. The van der Waals surface area contributed by atoms with Gasteiger partial charge >= 0.3 is 0 Å². The Morgan fingerprint density at radius 2 is 0.661 bits per heavy atom. The van der Waals surface area contributed by atoms with E-state index >= 15 is 0 Å². The van der Waals surface area contributed by atoms with Gasteiger partial charge in [-0.1, -0.05) is 249 Å². The fourth-order valence-corrected chi connectivity index (χ4v) is 7.97. The quantitative estimate of drug-likeness (QED) is 0.0423. The van der Waals surface area contributed by atoms with Gasteiger partial charge in [0, 0.05) is 6.42 Å². The second kappa shape index (κ2) is 50.7. The first-order valence-corrected chi connectivity index (χ1v) is 26.4. The predicted octanol–water partition coefficient (Wildman–Crippen LogP) is 17.1. The number of carbonyl (C=O) groups is 1. The van der Waals surface area contributed by atoms with Gasteiger partial charge in [-0.15, -0.1) is 0 Å². The van der Waals surface area contributed by atoms with Crippen molar-refractivity contribution in [2.45, 2.75) is 289 Å². The maximum atomic E-state index is 12.4. The van der Waals surface area contributed by atoms with E-state index in [4.69, 9.17) is 0 Å². The van der Waals surface area contributed by atoms with Crippen LogP contribution in [0.2, 0.25) is 0 Å². The summed E-state index contributed by atoms with van der Waals surface area (Å²) in [5.41, 5.74) is 0. The van der Waals surface area contributed by atoms with Crippen molar-refractivity contribution < 1.29 is 15.0 Å². The number of nitrogens with one attached hydrogen (secondary N) is 1. The lowest BCUT2D eigenvalue weighted by atomic mass is 10.0. The van der Waals surface area contributed by atoms with Crippen LogP contribution in [0, 0.1) is 0 Å². The molecule has 0 aromatic rings. The van der Waals surface area contributed by atoms with Crippen LogP contribution < -0.4 is 5.32 Å². The number of aliphatic hydroxyl groups is 2. The Bertz CT molecular complexity index is 939. The van der Waals surface area contributed by atoms with Gasteiger partial charge in [-0.25, -0.2) is 0 Å². The Morgan fingerprint density at radius 1 is 0.390 bits per heavy atom. The Balaban J connectivity index is 3.53. The molecule has 1 amide bonds. The molecular formula is C55H103NO3. The van der Waals surface area contributed by atoms with Crippen molar-refractivity contribution in [2.24, 2.45) is 0 Å². The first-order valence-electron chi connectivity index (χ1n) is 26.4. The summed E-state index contributed by atoms with van der Waals surface area (Å²) in [6, 6.07) is -0.650. The van der Waals surface area contributed by atoms with Crippen molar-refractivity contribution >= 4 is 5.91 Å². The van der Waals surface area contributed by atoms with Gasteiger partial charge in [0.1, 0.15) is 0 Å². The van der Waals surface area contributed by atoms with Crippen molar-refractivity contribution in [3.63, 3.8) is 0 Å². The number of carbonyl (C=O) groups excluding carboxylic acids is 1. The van der Waals surface area contributed by atoms with Crippen molar-refractivity contribution in [1.82, 2.24) is 5.32 Å². The highest BCUT2D eigenvalue weighted by Crippen LogP contribution is 2.16. The van der Waals surface area contributed by atoms with Crippen LogP contribution in [-0.2, 0) is 4.79 Å². The summed E-state index contributed by atoms with van der Waals surface area (Å²) < 4.78 is 0. The minimum Gasteiger partial charge on any atom is -0.394 e. The molecule has 0 heterocycles. The Kier molecular flexibility index (Phi) is 49.3. The highest BCUT2D eigenvalue weighted by atomic mass is 16.3. The molecule has 0 fully saturated rings. The van der Waals surface area contributed by atoms with E-state index in [9.17, 15) is 15.0 Å². The van der Waals surface area contributed by atoms with Gasteiger partial charge in [0.2, 0.25) is 5.91 Å². The summed E-state index contributed by atoms with van der Waals surface area (Å²) in [6.45, 7) is 4.29. The standard InChI is InChI=1S/C55H103NO3/c1-3-5-7-9-11-13-15-17-19-20-21-22-23-24-25-26-27-28-29-30-31-32-33-34-35-36-37-38-40-42-44-46-48-50-54(58)53(52-57)56-55(59)51-49-47-45-43-41-39-18-16-14-12-10-8-6-4-2/h16,18,35-36,40,42,48,50,53-54,57-58H,3-15,17,19-34,37-39,41,43-47,49,51-52H2,1-2H3,(H,56,59)/b18-16-,36-35+,42-40+,50-48+. The minimum absolute atomic E-state index is 0.0865. The van der Waals surface area contributed by atoms with Crippen LogP contribution in [0.15, 0.2) is 48.6 Å². The Hall–Kier alpha value is -1.65. The van der Waals surface area contributed by atoms with Gasteiger partial charge < -0.3 is 15.5 Å². The molecule has 2 unspecified atom stereocenters. The van der Waals surface area contributed by atoms with Crippen molar-refractivity contribution in [3.8, 4) is 0 Å². The average Bonchev–Trinajstić information content (AvgIpc) is 3.24. The van der Waals surface area contributed by atoms with Crippen LogP contribution in [0.1, 0.15) is 277 Å². The zero-order valence-electron chi connectivity index (χ0n) is 39.8.